The summed E-state index contributed by atoms with van der Waals surface area (Å²) in [6.45, 7) is 5.34. The summed E-state index contributed by atoms with van der Waals surface area (Å²) in [7, 11) is 0. The van der Waals surface area contributed by atoms with Crippen LogP contribution in [-0.4, -0.2) is 29.8 Å². The number of hydrogen-bond donors (Lipinski definition) is 1. The first-order valence-electron chi connectivity index (χ1n) is 8.85. The van der Waals surface area contributed by atoms with Crippen LogP contribution in [0.5, 0.6) is 0 Å². The van der Waals surface area contributed by atoms with Crippen molar-refractivity contribution >= 4 is 29.1 Å². The summed E-state index contributed by atoms with van der Waals surface area (Å²) in [5, 5.41) is 3.58. The molecule has 4 nitrogen and oxygen atoms in total. The van der Waals surface area contributed by atoms with E-state index in [1.165, 1.54) is 0 Å². The largest absolute Gasteiger partial charge is 0.339 e. The maximum Gasteiger partial charge on any atom is 0.253 e. The Morgan fingerprint density at radius 3 is 2.35 bits per heavy atom. The minimum Gasteiger partial charge on any atom is -0.339 e. The molecule has 0 unspecified atom stereocenters. The molecule has 1 fully saturated rings. The summed E-state index contributed by atoms with van der Waals surface area (Å²) in [6, 6.07) is 14.4. The molecule has 1 aliphatic heterocycles. The van der Waals surface area contributed by atoms with Crippen LogP contribution in [0, 0.1) is 0 Å². The van der Waals surface area contributed by atoms with Crippen LogP contribution in [-0.2, 0) is 10.2 Å². The Morgan fingerprint density at radius 1 is 1.04 bits per heavy atom. The molecule has 1 heterocycles. The molecule has 2 aromatic rings. The molecule has 1 saturated heterocycles. The number of benzene rings is 2. The minimum absolute atomic E-state index is 0.0237. The number of hydrogen-bond acceptors (Lipinski definition) is 2. The van der Waals surface area contributed by atoms with Gasteiger partial charge in [0.25, 0.3) is 5.91 Å². The van der Waals surface area contributed by atoms with Gasteiger partial charge in [0.2, 0.25) is 5.91 Å². The molecule has 2 aromatic carbocycles. The van der Waals surface area contributed by atoms with E-state index in [4.69, 9.17) is 11.6 Å². The number of carbonyl (C=O) groups is 2. The van der Waals surface area contributed by atoms with E-state index >= 15 is 0 Å². The van der Waals surface area contributed by atoms with Crippen molar-refractivity contribution in [1.29, 1.82) is 0 Å². The zero-order valence-electron chi connectivity index (χ0n) is 15.1. The van der Waals surface area contributed by atoms with Crippen LogP contribution >= 0.6 is 11.6 Å². The van der Waals surface area contributed by atoms with Gasteiger partial charge in [-0.1, -0.05) is 29.8 Å². The van der Waals surface area contributed by atoms with Crippen LogP contribution in [0.4, 0.5) is 5.69 Å². The molecule has 0 aromatic heterocycles. The highest BCUT2D eigenvalue weighted by Crippen LogP contribution is 2.27. The Morgan fingerprint density at radius 2 is 1.69 bits per heavy atom. The molecule has 0 atom stereocenters. The number of nitrogens with zero attached hydrogens (tertiary/aromatic N) is 1. The smallest absolute Gasteiger partial charge is 0.253 e. The van der Waals surface area contributed by atoms with E-state index in [2.05, 4.69) is 5.32 Å². The van der Waals surface area contributed by atoms with Gasteiger partial charge in [0, 0.05) is 29.4 Å². The molecule has 2 amide bonds. The topological polar surface area (TPSA) is 49.4 Å². The first-order valence-corrected chi connectivity index (χ1v) is 9.22. The molecule has 5 heteroatoms. The number of nitrogens with one attached hydrogen (secondary N) is 1. The van der Waals surface area contributed by atoms with Crippen molar-refractivity contribution in [3.63, 3.8) is 0 Å². The number of likely N-dealkylation sites (tertiary alicyclic amines) is 1. The number of halogens is 1. The van der Waals surface area contributed by atoms with Crippen molar-refractivity contribution in [3.8, 4) is 0 Å². The third-order valence-electron chi connectivity index (χ3n) is 4.89. The molecule has 1 aliphatic rings. The van der Waals surface area contributed by atoms with Crippen LogP contribution in [0.2, 0.25) is 5.02 Å². The lowest BCUT2D eigenvalue weighted by Crippen LogP contribution is -2.34. The Balaban J connectivity index is 1.75. The van der Waals surface area contributed by atoms with E-state index in [0.717, 1.165) is 31.5 Å². The maximum atomic E-state index is 12.8. The lowest BCUT2D eigenvalue weighted by atomic mass is 9.83. The molecular formula is C21H23ClN2O2. The maximum absolute atomic E-state index is 12.8. The normalized spacial score (nSPS) is 14.3. The molecule has 0 aliphatic carbocycles. The predicted molar refractivity (Wildman–Crippen MR) is 105 cm³/mol. The van der Waals surface area contributed by atoms with Crippen molar-refractivity contribution in [2.75, 3.05) is 18.4 Å². The van der Waals surface area contributed by atoms with Crippen LogP contribution in [0.1, 0.15) is 42.6 Å². The summed E-state index contributed by atoms with van der Waals surface area (Å²) >= 11 is 5.94. The van der Waals surface area contributed by atoms with Crippen LogP contribution < -0.4 is 5.32 Å². The first kappa shape index (κ1) is 18.5. The SMILES string of the molecule is CC(C)(C(=O)Nc1cccc(C(=O)N2CCCC2)c1)c1ccc(Cl)cc1. The molecule has 0 spiro atoms. The van der Waals surface area contributed by atoms with E-state index in [1.54, 1.807) is 36.4 Å². The van der Waals surface area contributed by atoms with Crippen molar-refractivity contribution < 1.29 is 9.59 Å². The fraction of sp³-hybridized carbons (Fsp3) is 0.333. The van der Waals surface area contributed by atoms with E-state index in [1.807, 2.05) is 30.9 Å². The average molecular weight is 371 g/mol. The quantitative estimate of drug-likeness (QED) is 0.861. The summed E-state index contributed by atoms with van der Waals surface area (Å²) in [6.07, 6.45) is 2.11. The van der Waals surface area contributed by atoms with Gasteiger partial charge in [-0.05, 0) is 62.6 Å². The van der Waals surface area contributed by atoms with Crippen LogP contribution in [0.25, 0.3) is 0 Å². The second kappa shape index (κ2) is 7.50. The van der Waals surface area contributed by atoms with Gasteiger partial charge in [0.1, 0.15) is 0 Å². The van der Waals surface area contributed by atoms with Gasteiger partial charge < -0.3 is 10.2 Å². The summed E-state index contributed by atoms with van der Waals surface area (Å²) in [4.78, 5) is 27.2. The summed E-state index contributed by atoms with van der Waals surface area (Å²) < 4.78 is 0. The summed E-state index contributed by atoms with van der Waals surface area (Å²) in [5.74, 6) is -0.110. The lowest BCUT2D eigenvalue weighted by Gasteiger charge is -2.24. The zero-order valence-corrected chi connectivity index (χ0v) is 15.8. The Kier molecular flexibility index (Phi) is 5.33. The average Bonchev–Trinajstić information content (AvgIpc) is 3.16. The zero-order chi connectivity index (χ0) is 18.7. The third-order valence-corrected chi connectivity index (χ3v) is 5.15. The van der Waals surface area contributed by atoms with Crippen LogP contribution in [0.15, 0.2) is 48.5 Å². The van der Waals surface area contributed by atoms with Gasteiger partial charge in [-0.15, -0.1) is 0 Å². The lowest BCUT2D eigenvalue weighted by molar-refractivity contribution is -0.120. The second-order valence-corrected chi connectivity index (χ2v) is 7.60. The van der Waals surface area contributed by atoms with E-state index < -0.39 is 5.41 Å². The summed E-state index contributed by atoms with van der Waals surface area (Å²) in [5.41, 5.74) is 1.39. The van der Waals surface area contributed by atoms with Crippen molar-refractivity contribution in [2.24, 2.45) is 0 Å². The van der Waals surface area contributed by atoms with Crippen molar-refractivity contribution in [2.45, 2.75) is 32.1 Å². The Bertz CT molecular complexity index is 809. The molecule has 1 N–H and O–H groups in total. The van der Waals surface area contributed by atoms with Crippen LogP contribution in [0.3, 0.4) is 0 Å². The van der Waals surface area contributed by atoms with Crippen molar-refractivity contribution in [1.82, 2.24) is 4.90 Å². The van der Waals surface area contributed by atoms with Gasteiger partial charge >= 0.3 is 0 Å². The number of amides is 2. The van der Waals surface area contributed by atoms with Crippen molar-refractivity contribution in [3.05, 3.63) is 64.7 Å². The number of rotatable bonds is 4. The van der Waals surface area contributed by atoms with E-state index in [-0.39, 0.29) is 11.8 Å². The fourth-order valence-electron chi connectivity index (χ4n) is 3.12. The molecule has 136 valence electrons. The van der Waals surface area contributed by atoms with E-state index in [9.17, 15) is 9.59 Å². The number of carbonyl (C=O) groups excluding carboxylic acids is 2. The van der Waals surface area contributed by atoms with Gasteiger partial charge in [-0.2, -0.15) is 0 Å². The predicted octanol–water partition coefficient (Wildman–Crippen LogP) is 4.49. The molecule has 3 rings (SSSR count). The second-order valence-electron chi connectivity index (χ2n) is 7.17. The van der Waals surface area contributed by atoms with E-state index in [0.29, 0.717) is 16.3 Å². The third kappa shape index (κ3) is 3.91. The molecule has 0 radical (unpaired) electrons. The highest BCUT2D eigenvalue weighted by atomic mass is 35.5. The Hall–Kier alpha value is -2.33. The monoisotopic (exact) mass is 370 g/mol. The molecule has 0 bridgehead atoms. The molecule has 26 heavy (non-hydrogen) atoms. The van der Waals surface area contributed by atoms with Gasteiger partial charge in [-0.3, -0.25) is 9.59 Å². The van der Waals surface area contributed by atoms with Gasteiger partial charge in [0.15, 0.2) is 0 Å². The fourth-order valence-corrected chi connectivity index (χ4v) is 3.24. The molecule has 0 saturated carbocycles. The number of anilines is 1. The van der Waals surface area contributed by atoms with Gasteiger partial charge in [0.05, 0.1) is 5.41 Å². The Labute approximate surface area is 159 Å². The highest BCUT2D eigenvalue weighted by Gasteiger charge is 2.30. The van der Waals surface area contributed by atoms with Gasteiger partial charge in [-0.25, -0.2) is 0 Å². The standard InChI is InChI=1S/C21H23ClN2O2/c1-21(2,16-8-10-17(22)11-9-16)20(26)23-18-7-5-6-15(14-18)19(25)24-12-3-4-13-24/h5-11,14H,3-4,12-13H2,1-2H3,(H,23,26). The first-order chi connectivity index (χ1) is 12.4. The minimum atomic E-state index is -0.723. The highest BCUT2D eigenvalue weighted by molar-refractivity contribution is 6.30. The molecular weight excluding hydrogens is 348 g/mol.